The molecule has 0 aromatic heterocycles. The fraction of sp³-hybridized carbons (Fsp3) is 0.250. The molecule has 1 unspecified atom stereocenters. The Hall–Kier alpha value is -4.77. The first-order valence-corrected chi connectivity index (χ1v) is 12.4. The van der Waals surface area contributed by atoms with Crippen molar-refractivity contribution in [2.45, 2.75) is 18.9 Å². The van der Waals surface area contributed by atoms with E-state index in [1.54, 1.807) is 54.6 Å². The van der Waals surface area contributed by atoms with Crippen LogP contribution in [0.3, 0.4) is 0 Å². The monoisotopic (exact) mass is 537 g/mol. The van der Waals surface area contributed by atoms with E-state index in [0.717, 1.165) is 0 Å². The molecular weight excluding hydrogens is 506 g/mol. The molecule has 0 heterocycles. The molecular formula is C28H31N3O8. The number of ether oxygens (including phenoxy) is 3. The first kappa shape index (κ1) is 28.8. The van der Waals surface area contributed by atoms with Crippen LogP contribution in [-0.2, 0) is 14.4 Å². The summed E-state index contributed by atoms with van der Waals surface area (Å²) in [6.07, 6.45) is -1.10. The van der Waals surface area contributed by atoms with Gasteiger partial charge < -0.3 is 24.8 Å². The van der Waals surface area contributed by atoms with Gasteiger partial charge in [-0.15, -0.1) is 0 Å². The van der Waals surface area contributed by atoms with E-state index < -0.39 is 24.2 Å². The predicted octanol–water partition coefficient (Wildman–Crippen LogP) is 3.81. The second-order valence-corrected chi connectivity index (χ2v) is 8.00. The van der Waals surface area contributed by atoms with Crippen molar-refractivity contribution in [3.63, 3.8) is 0 Å². The van der Waals surface area contributed by atoms with Crippen LogP contribution in [0.1, 0.15) is 12.8 Å². The minimum absolute atomic E-state index is 0.0480. The second kappa shape index (κ2) is 16.9. The minimum Gasteiger partial charge on any atom is -0.478 e. The molecule has 3 aromatic carbocycles. The summed E-state index contributed by atoms with van der Waals surface area (Å²) in [5, 5.41) is 8.04. The van der Waals surface area contributed by atoms with Crippen molar-refractivity contribution in [1.29, 1.82) is 0 Å². The summed E-state index contributed by atoms with van der Waals surface area (Å²) in [7, 11) is 0. The molecule has 11 nitrogen and oxygen atoms in total. The lowest BCUT2D eigenvalue weighted by atomic mass is 10.1. The molecule has 3 rings (SSSR count). The lowest BCUT2D eigenvalue weighted by Gasteiger charge is -2.17. The molecule has 0 saturated carbocycles. The number of hydrogen-bond acceptors (Lipinski definition) is 9. The zero-order valence-corrected chi connectivity index (χ0v) is 21.2. The maximum absolute atomic E-state index is 12.7. The largest absolute Gasteiger partial charge is 0.478 e. The number of hydrogen-bond donors (Lipinski definition) is 3. The number of amides is 2. The number of rotatable bonds is 15. The van der Waals surface area contributed by atoms with Crippen molar-refractivity contribution >= 4 is 18.2 Å². The zero-order chi connectivity index (χ0) is 27.5. The van der Waals surface area contributed by atoms with Crippen molar-refractivity contribution in [2.24, 2.45) is 0 Å². The van der Waals surface area contributed by atoms with E-state index in [0.29, 0.717) is 30.2 Å². The third kappa shape index (κ3) is 11.9. The van der Waals surface area contributed by atoms with Crippen molar-refractivity contribution in [1.82, 2.24) is 16.0 Å². The van der Waals surface area contributed by atoms with Gasteiger partial charge in [-0.25, -0.2) is 19.3 Å². The third-order valence-electron chi connectivity index (χ3n) is 5.03. The molecule has 39 heavy (non-hydrogen) atoms. The number of esters is 1. The average molecular weight is 538 g/mol. The van der Waals surface area contributed by atoms with Gasteiger partial charge in [-0.05, 0) is 49.2 Å². The van der Waals surface area contributed by atoms with Gasteiger partial charge in [0.2, 0.25) is 0 Å². The summed E-state index contributed by atoms with van der Waals surface area (Å²) in [5.41, 5.74) is 0. The zero-order valence-electron chi connectivity index (χ0n) is 21.2. The van der Waals surface area contributed by atoms with Crippen LogP contribution in [-0.4, -0.2) is 50.6 Å². The van der Waals surface area contributed by atoms with Gasteiger partial charge in [0.15, 0.2) is 5.75 Å². The van der Waals surface area contributed by atoms with E-state index in [-0.39, 0.29) is 26.3 Å². The molecule has 3 N–H and O–H groups in total. The highest BCUT2D eigenvalue weighted by Gasteiger charge is 2.23. The van der Waals surface area contributed by atoms with Crippen LogP contribution in [0, 0.1) is 0 Å². The maximum Gasteiger partial charge on any atom is 0.451 e. The molecule has 0 aliphatic carbocycles. The lowest BCUT2D eigenvalue weighted by Crippen LogP contribution is -2.43. The standard InChI is InChI=1S/C28H31N3O8/c32-26(35-20-19-29-21-36-22-11-4-1-5-12-22)25(31-28(34)39-38-24-15-8-3-9-16-24)17-10-18-30-27(33)37-23-13-6-2-7-14-23/h1-9,11-16,25,29H,10,17-21H2,(H,30,33)(H,31,34). The second-order valence-electron chi connectivity index (χ2n) is 8.00. The summed E-state index contributed by atoms with van der Waals surface area (Å²) in [5.74, 6) is 0.770. The molecule has 0 radical (unpaired) electrons. The Balaban J connectivity index is 1.40. The normalized spacial score (nSPS) is 11.0. The third-order valence-corrected chi connectivity index (χ3v) is 5.03. The minimum atomic E-state index is -1.04. The van der Waals surface area contributed by atoms with Crippen LogP contribution in [0.5, 0.6) is 17.2 Å². The number of nitrogens with one attached hydrogen (secondary N) is 3. The first-order chi connectivity index (χ1) is 19.1. The quantitative estimate of drug-likeness (QED) is 0.0870. The van der Waals surface area contributed by atoms with Crippen LogP contribution in [0.4, 0.5) is 9.59 Å². The van der Waals surface area contributed by atoms with Crippen molar-refractivity contribution < 1.29 is 38.4 Å². The van der Waals surface area contributed by atoms with Gasteiger partial charge in [-0.1, -0.05) is 54.6 Å². The van der Waals surface area contributed by atoms with Crippen LogP contribution in [0.15, 0.2) is 91.0 Å². The maximum atomic E-state index is 12.7. The fourth-order valence-corrected chi connectivity index (χ4v) is 3.15. The Labute approximate surface area is 226 Å². The van der Waals surface area contributed by atoms with E-state index in [1.807, 2.05) is 36.4 Å². The Morgan fingerprint density at radius 1 is 0.718 bits per heavy atom. The van der Waals surface area contributed by atoms with Gasteiger partial charge in [-0.2, -0.15) is 0 Å². The van der Waals surface area contributed by atoms with E-state index in [1.165, 1.54) is 0 Å². The van der Waals surface area contributed by atoms with E-state index in [4.69, 9.17) is 24.0 Å². The van der Waals surface area contributed by atoms with E-state index >= 15 is 0 Å². The molecule has 11 heteroatoms. The summed E-state index contributed by atoms with van der Waals surface area (Å²) in [4.78, 5) is 46.6. The van der Waals surface area contributed by atoms with E-state index in [2.05, 4.69) is 16.0 Å². The molecule has 0 saturated heterocycles. The SMILES string of the molecule is O=C(NC(CCCNC(=O)Oc1ccccc1)C(=O)OCCNCOc1ccccc1)OOc1ccccc1. The van der Waals surface area contributed by atoms with Gasteiger partial charge in [0.05, 0.1) is 0 Å². The predicted molar refractivity (Wildman–Crippen MR) is 141 cm³/mol. The van der Waals surface area contributed by atoms with Crippen LogP contribution < -0.4 is 30.3 Å². The van der Waals surface area contributed by atoms with Crippen molar-refractivity contribution in [3.8, 4) is 17.2 Å². The number of para-hydroxylation sites is 3. The molecule has 1 atom stereocenters. The van der Waals surface area contributed by atoms with Gasteiger partial charge in [0.25, 0.3) is 0 Å². The lowest BCUT2D eigenvalue weighted by molar-refractivity contribution is -0.152. The van der Waals surface area contributed by atoms with Crippen LogP contribution in [0.25, 0.3) is 0 Å². The highest BCUT2D eigenvalue weighted by Crippen LogP contribution is 2.10. The van der Waals surface area contributed by atoms with Gasteiger partial charge >= 0.3 is 18.2 Å². The Morgan fingerprint density at radius 3 is 2.00 bits per heavy atom. The van der Waals surface area contributed by atoms with E-state index in [9.17, 15) is 14.4 Å². The number of benzene rings is 3. The number of carbonyl (C=O) groups excluding carboxylic acids is 3. The molecule has 3 aromatic rings. The molecule has 0 aliphatic rings. The molecule has 0 spiro atoms. The summed E-state index contributed by atoms with van der Waals surface area (Å²) in [6, 6.07) is 25.3. The molecule has 0 aliphatic heterocycles. The average Bonchev–Trinajstić information content (AvgIpc) is 2.97. The molecule has 206 valence electrons. The van der Waals surface area contributed by atoms with Crippen molar-refractivity contribution in [2.75, 3.05) is 26.4 Å². The first-order valence-electron chi connectivity index (χ1n) is 12.4. The van der Waals surface area contributed by atoms with Gasteiger partial charge in [0.1, 0.15) is 30.9 Å². The highest BCUT2D eigenvalue weighted by atomic mass is 17.2. The summed E-state index contributed by atoms with van der Waals surface area (Å²) in [6.45, 7) is 0.814. The molecule has 0 bridgehead atoms. The topological polar surface area (TPSA) is 133 Å². The Morgan fingerprint density at radius 2 is 1.33 bits per heavy atom. The van der Waals surface area contributed by atoms with Crippen LogP contribution in [0.2, 0.25) is 0 Å². The molecule has 2 amide bonds. The fourth-order valence-electron chi connectivity index (χ4n) is 3.15. The smallest absolute Gasteiger partial charge is 0.451 e. The van der Waals surface area contributed by atoms with Crippen LogP contribution >= 0.6 is 0 Å². The summed E-state index contributed by atoms with van der Waals surface area (Å²) < 4.78 is 16.0. The highest BCUT2D eigenvalue weighted by molar-refractivity contribution is 5.81. The van der Waals surface area contributed by atoms with Gasteiger partial charge in [-0.3, -0.25) is 10.2 Å². The Kier molecular flexibility index (Phi) is 12.5. The van der Waals surface area contributed by atoms with Gasteiger partial charge in [0, 0.05) is 13.1 Å². The van der Waals surface area contributed by atoms with Crippen molar-refractivity contribution in [3.05, 3.63) is 91.0 Å². The number of carbonyl (C=O) groups is 3. The Bertz CT molecular complexity index is 1130. The molecule has 0 fully saturated rings. The summed E-state index contributed by atoms with van der Waals surface area (Å²) >= 11 is 0.